The summed E-state index contributed by atoms with van der Waals surface area (Å²) in [7, 11) is -4.29. The quantitative estimate of drug-likeness (QED) is 0.0289. The van der Waals surface area contributed by atoms with Gasteiger partial charge in [-0.25, -0.2) is 4.57 Å². The summed E-state index contributed by atoms with van der Waals surface area (Å²) in [6.07, 6.45) is 45.6. The monoisotopic (exact) mass is 751 g/mol. The minimum absolute atomic E-state index is 0.00861. The Labute approximate surface area is 318 Å². The van der Waals surface area contributed by atoms with Gasteiger partial charge in [-0.1, -0.05) is 139 Å². The number of phosphoric ester groups is 1. The Morgan fingerprint density at radius 3 is 1.50 bits per heavy atom. The van der Waals surface area contributed by atoms with Crippen LogP contribution < -0.4 is 0 Å². The number of carbonyl (C=O) groups excluding carboxylic acids is 2. The van der Waals surface area contributed by atoms with Crippen LogP contribution in [0.4, 0.5) is 0 Å². The molecule has 8 nitrogen and oxygen atoms in total. The molecule has 0 radical (unpaired) electrons. The topological polar surface area (TPSA) is 108 Å². The summed E-state index contributed by atoms with van der Waals surface area (Å²) in [4.78, 5) is 34.7. The van der Waals surface area contributed by atoms with Crippen LogP contribution in [0.5, 0.6) is 0 Å². The van der Waals surface area contributed by atoms with Gasteiger partial charge in [0.25, 0.3) is 0 Å². The number of hydrogen-bond donors (Lipinski definition) is 1. The highest BCUT2D eigenvalue weighted by molar-refractivity contribution is 7.47. The van der Waals surface area contributed by atoms with Crippen molar-refractivity contribution in [2.24, 2.45) is 0 Å². The average Bonchev–Trinajstić information content (AvgIpc) is 3.12. The molecule has 0 aliphatic heterocycles. The second-order valence-corrected chi connectivity index (χ2v) is 14.7. The largest absolute Gasteiger partial charge is 0.472 e. The zero-order valence-corrected chi connectivity index (χ0v) is 34.1. The maximum atomic E-state index is 12.5. The predicted molar refractivity (Wildman–Crippen MR) is 216 cm³/mol. The van der Waals surface area contributed by atoms with Crippen LogP contribution >= 0.6 is 7.82 Å². The Kier molecular flexibility index (Phi) is 36.8. The van der Waals surface area contributed by atoms with Gasteiger partial charge in [0.05, 0.1) is 13.2 Å². The Balaban J connectivity index is 4.12. The van der Waals surface area contributed by atoms with Gasteiger partial charge in [-0.3, -0.25) is 18.6 Å². The molecule has 52 heavy (non-hydrogen) atoms. The first-order valence-corrected chi connectivity index (χ1v) is 22.1. The van der Waals surface area contributed by atoms with E-state index < -0.39 is 26.5 Å². The number of esters is 2. The van der Waals surface area contributed by atoms with Crippen LogP contribution in [-0.2, 0) is 32.7 Å². The van der Waals surface area contributed by atoms with E-state index in [1.165, 1.54) is 70.6 Å². The van der Waals surface area contributed by atoms with E-state index in [-0.39, 0.29) is 32.0 Å². The van der Waals surface area contributed by atoms with E-state index in [4.69, 9.17) is 18.5 Å². The van der Waals surface area contributed by atoms with Crippen molar-refractivity contribution in [3.8, 4) is 0 Å². The summed E-state index contributed by atoms with van der Waals surface area (Å²) < 4.78 is 32.5. The maximum absolute atomic E-state index is 12.5. The molecule has 0 saturated carbocycles. The van der Waals surface area contributed by atoms with Crippen LogP contribution in [-0.4, -0.2) is 42.8 Å². The van der Waals surface area contributed by atoms with Crippen molar-refractivity contribution in [3.05, 3.63) is 60.8 Å². The van der Waals surface area contributed by atoms with Gasteiger partial charge in [0.15, 0.2) is 6.10 Å². The lowest BCUT2D eigenvalue weighted by Gasteiger charge is -2.19. The Morgan fingerprint density at radius 2 is 0.981 bits per heavy atom. The molecule has 0 saturated heterocycles. The molecule has 0 aromatic carbocycles. The summed E-state index contributed by atoms with van der Waals surface area (Å²) in [6.45, 7) is 5.28. The molecule has 2 atom stereocenters. The SMILES string of the molecule is CC/C=C\C/C=C\C/C=C\CCCCCC(=O)OC(COC(=O)CCCCCCCCCCC/C=C\C/C=C\CCCCC)COP(=O)(O)OCC. The summed E-state index contributed by atoms with van der Waals surface area (Å²) in [6, 6.07) is 0. The standard InChI is InChI=1S/C43H75O8P/c1-4-7-9-11-13-15-17-19-20-21-22-23-24-26-27-29-31-33-35-37-42(44)48-39-41(40-50-52(46,47)49-6-3)51-43(45)38-36-34-32-30-28-25-18-16-14-12-10-8-5-2/h8,10,13-16,19-20,25,28,41H,4-7,9,11-12,17-18,21-24,26-27,29-40H2,1-3H3,(H,46,47)/b10-8-,15-13-,16-14-,20-19-,28-25-. The summed E-state index contributed by atoms with van der Waals surface area (Å²) in [5, 5.41) is 0. The van der Waals surface area contributed by atoms with E-state index in [2.05, 4.69) is 74.6 Å². The number of carbonyl (C=O) groups is 2. The van der Waals surface area contributed by atoms with Crippen LogP contribution in [0.3, 0.4) is 0 Å². The highest BCUT2D eigenvalue weighted by Crippen LogP contribution is 2.43. The third-order valence-electron chi connectivity index (χ3n) is 8.31. The molecule has 0 amide bonds. The van der Waals surface area contributed by atoms with Gasteiger partial charge in [0.2, 0.25) is 0 Å². The molecular weight excluding hydrogens is 675 g/mol. The molecule has 9 heteroatoms. The molecule has 0 heterocycles. The van der Waals surface area contributed by atoms with E-state index in [1.54, 1.807) is 6.92 Å². The third kappa shape index (κ3) is 37.5. The smallest absolute Gasteiger partial charge is 0.462 e. The number of rotatable bonds is 37. The van der Waals surface area contributed by atoms with E-state index in [9.17, 15) is 19.0 Å². The second-order valence-electron chi connectivity index (χ2n) is 13.3. The fourth-order valence-electron chi connectivity index (χ4n) is 5.32. The Hall–Kier alpha value is -2.25. The molecule has 2 unspecified atom stereocenters. The highest BCUT2D eigenvalue weighted by Gasteiger charge is 2.25. The molecule has 0 aromatic heterocycles. The maximum Gasteiger partial charge on any atom is 0.472 e. The third-order valence-corrected chi connectivity index (χ3v) is 9.37. The average molecular weight is 751 g/mol. The highest BCUT2D eigenvalue weighted by atomic mass is 31.2. The Morgan fingerprint density at radius 1 is 0.538 bits per heavy atom. The van der Waals surface area contributed by atoms with Gasteiger partial charge in [0, 0.05) is 12.8 Å². The van der Waals surface area contributed by atoms with Crippen molar-refractivity contribution in [1.82, 2.24) is 0 Å². The summed E-state index contributed by atoms with van der Waals surface area (Å²) >= 11 is 0. The van der Waals surface area contributed by atoms with Gasteiger partial charge < -0.3 is 14.4 Å². The Bertz CT molecular complexity index is 1030. The van der Waals surface area contributed by atoms with E-state index >= 15 is 0 Å². The van der Waals surface area contributed by atoms with Gasteiger partial charge in [-0.2, -0.15) is 0 Å². The van der Waals surface area contributed by atoms with Gasteiger partial charge in [0.1, 0.15) is 6.61 Å². The van der Waals surface area contributed by atoms with Crippen molar-refractivity contribution in [3.63, 3.8) is 0 Å². The first kappa shape index (κ1) is 49.8. The lowest BCUT2D eigenvalue weighted by Crippen LogP contribution is -2.29. The number of ether oxygens (including phenoxy) is 2. The zero-order valence-electron chi connectivity index (χ0n) is 33.2. The van der Waals surface area contributed by atoms with Crippen molar-refractivity contribution < 1.29 is 37.6 Å². The van der Waals surface area contributed by atoms with Gasteiger partial charge in [-0.05, 0) is 84.0 Å². The lowest BCUT2D eigenvalue weighted by atomic mass is 10.1. The summed E-state index contributed by atoms with van der Waals surface area (Å²) in [5.41, 5.74) is 0. The first-order chi connectivity index (χ1) is 25.3. The minimum Gasteiger partial charge on any atom is -0.462 e. The second kappa shape index (κ2) is 38.5. The number of phosphoric acid groups is 1. The predicted octanol–water partition coefficient (Wildman–Crippen LogP) is 12.8. The van der Waals surface area contributed by atoms with Gasteiger partial charge >= 0.3 is 19.8 Å². The number of unbranched alkanes of at least 4 members (excludes halogenated alkanes) is 15. The molecule has 300 valence electrons. The van der Waals surface area contributed by atoms with Gasteiger partial charge in [-0.15, -0.1) is 0 Å². The van der Waals surface area contributed by atoms with E-state index in [1.807, 2.05) is 0 Å². The van der Waals surface area contributed by atoms with Crippen molar-refractivity contribution in [2.45, 2.75) is 181 Å². The van der Waals surface area contributed by atoms with Crippen LogP contribution in [0.1, 0.15) is 175 Å². The molecule has 0 aliphatic rings. The normalized spacial score (nSPS) is 14.0. The zero-order chi connectivity index (χ0) is 38.2. The molecule has 0 spiro atoms. The molecule has 0 aromatic rings. The van der Waals surface area contributed by atoms with Crippen LogP contribution in [0.15, 0.2) is 60.8 Å². The molecule has 0 rings (SSSR count). The van der Waals surface area contributed by atoms with Crippen LogP contribution in [0.25, 0.3) is 0 Å². The van der Waals surface area contributed by atoms with Crippen molar-refractivity contribution in [1.29, 1.82) is 0 Å². The number of allylic oxidation sites excluding steroid dienone is 10. The summed E-state index contributed by atoms with van der Waals surface area (Å²) in [5.74, 6) is -0.841. The molecule has 1 N–H and O–H groups in total. The van der Waals surface area contributed by atoms with E-state index in [0.717, 1.165) is 64.2 Å². The molecule has 0 fully saturated rings. The number of hydrogen-bond acceptors (Lipinski definition) is 7. The molecule has 0 aliphatic carbocycles. The lowest BCUT2D eigenvalue weighted by molar-refractivity contribution is -0.161. The van der Waals surface area contributed by atoms with Crippen molar-refractivity contribution in [2.75, 3.05) is 19.8 Å². The first-order valence-electron chi connectivity index (χ1n) is 20.6. The minimum atomic E-state index is -4.29. The van der Waals surface area contributed by atoms with Crippen LogP contribution in [0, 0.1) is 0 Å². The molecular formula is C43H75O8P. The van der Waals surface area contributed by atoms with E-state index in [0.29, 0.717) is 6.42 Å². The van der Waals surface area contributed by atoms with Crippen molar-refractivity contribution >= 4 is 19.8 Å². The fraction of sp³-hybridized carbons (Fsp3) is 0.721. The molecule has 0 bridgehead atoms. The fourth-order valence-corrected chi connectivity index (χ4v) is 6.07. The van der Waals surface area contributed by atoms with Crippen LogP contribution in [0.2, 0.25) is 0 Å².